The van der Waals surface area contributed by atoms with Crippen LogP contribution in [0.25, 0.3) is 11.5 Å². The van der Waals surface area contributed by atoms with E-state index in [1.807, 2.05) is 5.38 Å². The number of rotatable bonds is 9. The second-order valence-corrected chi connectivity index (χ2v) is 7.08. The highest BCUT2D eigenvalue weighted by atomic mass is 32.1. The lowest BCUT2D eigenvalue weighted by Crippen LogP contribution is -2.18. The van der Waals surface area contributed by atoms with E-state index >= 15 is 0 Å². The lowest BCUT2D eigenvalue weighted by atomic mass is 10.2. The summed E-state index contributed by atoms with van der Waals surface area (Å²) in [6, 6.07) is 3.57. The topological polar surface area (TPSA) is 103 Å². The molecule has 8 nitrogen and oxygen atoms in total. The molecule has 1 unspecified atom stereocenters. The predicted octanol–water partition coefficient (Wildman–Crippen LogP) is 2.56. The second-order valence-electron chi connectivity index (χ2n) is 6.22. The Morgan fingerprint density at radius 3 is 3.07 bits per heavy atom. The molecule has 1 aliphatic rings. The van der Waals surface area contributed by atoms with Crippen molar-refractivity contribution < 1.29 is 23.5 Å². The minimum absolute atomic E-state index is 0.119. The molecular weight excluding hydrogens is 370 g/mol. The highest BCUT2D eigenvalue weighted by molar-refractivity contribution is 7.14. The number of furan rings is 1. The van der Waals surface area contributed by atoms with Gasteiger partial charge in [-0.3, -0.25) is 9.59 Å². The molecular formula is C18H23N3O5S. The third kappa shape index (κ3) is 6.16. The molecule has 3 rings (SSSR count). The summed E-state index contributed by atoms with van der Waals surface area (Å²) in [7, 11) is 0. The molecule has 0 bridgehead atoms. The van der Waals surface area contributed by atoms with Crippen molar-refractivity contribution in [3.63, 3.8) is 0 Å². The molecule has 146 valence electrons. The molecule has 2 amide bonds. The Hall–Kier alpha value is -2.23. The summed E-state index contributed by atoms with van der Waals surface area (Å²) in [5, 5.41) is 7.76. The van der Waals surface area contributed by atoms with Gasteiger partial charge < -0.3 is 24.5 Å². The zero-order valence-corrected chi connectivity index (χ0v) is 16.0. The van der Waals surface area contributed by atoms with Crippen LogP contribution >= 0.6 is 11.3 Å². The Morgan fingerprint density at radius 1 is 1.41 bits per heavy atom. The maximum absolute atomic E-state index is 12.0. The fraction of sp³-hybridized carbons (Fsp3) is 0.500. The number of ether oxygens (including phenoxy) is 2. The summed E-state index contributed by atoms with van der Waals surface area (Å²) in [6.45, 7) is 3.47. The van der Waals surface area contributed by atoms with Gasteiger partial charge in [0, 0.05) is 18.9 Å². The number of nitrogens with one attached hydrogen (secondary N) is 2. The van der Waals surface area contributed by atoms with E-state index in [1.165, 1.54) is 18.3 Å². The number of hydrogen-bond donors (Lipinski definition) is 2. The van der Waals surface area contributed by atoms with E-state index in [0.29, 0.717) is 42.1 Å². The van der Waals surface area contributed by atoms with Crippen LogP contribution in [0.5, 0.6) is 0 Å². The number of thiazole rings is 1. The minimum Gasteiger partial charge on any atom is -0.458 e. The number of amides is 2. The first kappa shape index (κ1) is 19.5. The van der Waals surface area contributed by atoms with Crippen LogP contribution in [0, 0.1) is 0 Å². The molecule has 27 heavy (non-hydrogen) atoms. The van der Waals surface area contributed by atoms with Crippen LogP contribution in [-0.2, 0) is 25.6 Å². The number of carbonyl (C=O) groups is 2. The van der Waals surface area contributed by atoms with Gasteiger partial charge in [-0.05, 0) is 25.0 Å². The maximum atomic E-state index is 12.0. The van der Waals surface area contributed by atoms with Gasteiger partial charge in [-0.15, -0.1) is 11.3 Å². The van der Waals surface area contributed by atoms with E-state index in [1.54, 1.807) is 12.1 Å². The van der Waals surface area contributed by atoms with Crippen molar-refractivity contribution in [2.75, 3.05) is 25.1 Å². The van der Waals surface area contributed by atoms with Crippen LogP contribution in [0.2, 0.25) is 0 Å². The van der Waals surface area contributed by atoms with Crippen molar-refractivity contribution in [2.24, 2.45) is 0 Å². The van der Waals surface area contributed by atoms with Crippen LogP contribution in [0.3, 0.4) is 0 Å². The molecule has 0 radical (unpaired) electrons. The van der Waals surface area contributed by atoms with Gasteiger partial charge in [0.1, 0.15) is 11.5 Å². The van der Waals surface area contributed by atoms with Gasteiger partial charge in [-0.25, -0.2) is 4.98 Å². The zero-order chi connectivity index (χ0) is 19.1. The summed E-state index contributed by atoms with van der Waals surface area (Å²) in [6.07, 6.45) is 2.53. The summed E-state index contributed by atoms with van der Waals surface area (Å²) in [5.41, 5.74) is 0.638. The molecule has 3 heterocycles. The number of anilines is 1. The minimum atomic E-state index is -0.144. The van der Waals surface area contributed by atoms with Crippen LogP contribution in [-0.4, -0.2) is 42.7 Å². The van der Waals surface area contributed by atoms with Crippen molar-refractivity contribution in [3.8, 4) is 11.5 Å². The Kier molecular flexibility index (Phi) is 6.97. The molecule has 1 atom stereocenters. The summed E-state index contributed by atoms with van der Waals surface area (Å²) >= 11 is 1.33. The first-order chi connectivity index (χ1) is 13.1. The van der Waals surface area contributed by atoms with E-state index in [4.69, 9.17) is 13.9 Å². The van der Waals surface area contributed by atoms with E-state index in [-0.39, 0.29) is 24.3 Å². The van der Waals surface area contributed by atoms with Crippen molar-refractivity contribution in [2.45, 2.75) is 38.8 Å². The van der Waals surface area contributed by atoms with Crippen LogP contribution in [0.1, 0.15) is 31.9 Å². The zero-order valence-electron chi connectivity index (χ0n) is 15.2. The normalized spacial score (nSPS) is 16.4. The molecule has 1 aliphatic heterocycles. The van der Waals surface area contributed by atoms with Crippen molar-refractivity contribution in [1.29, 1.82) is 0 Å². The maximum Gasteiger partial charge on any atom is 0.228 e. The Morgan fingerprint density at radius 2 is 2.30 bits per heavy atom. The fourth-order valence-electron chi connectivity index (χ4n) is 2.60. The monoisotopic (exact) mass is 393 g/mol. The summed E-state index contributed by atoms with van der Waals surface area (Å²) < 4.78 is 16.6. The first-order valence-corrected chi connectivity index (χ1v) is 9.76. The molecule has 2 N–H and O–H groups in total. The number of nitrogens with zero attached hydrogens (tertiary/aromatic N) is 1. The van der Waals surface area contributed by atoms with Crippen LogP contribution < -0.4 is 10.6 Å². The van der Waals surface area contributed by atoms with Gasteiger partial charge in [0.2, 0.25) is 11.8 Å². The smallest absolute Gasteiger partial charge is 0.228 e. The first-order valence-electron chi connectivity index (χ1n) is 8.88. The van der Waals surface area contributed by atoms with E-state index < -0.39 is 0 Å². The van der Waals surface area contributed by atoms with Gasteiger partial charge >= 0.3 is 0 Å². The van der Waals surface area contributed by atoms with Gasteiger partial charge in [-0.2, -0.15) is 0 Å². The Labute approximate surface area is 161 Å². The lowest BCUT2D eigenvalue weighted by Gasteiger charge is -2.09. The average Bonchev–Trinajstić information content (AvgIpc) is 3.38. The van der Waals surface area contributed by atoms with E-state index in [9.17, 15) is 9.59 Å². The second kappa shape index (κ2) is 9.63. The van der Waals surface area contributed by atoms with Crippen LogP contribution in [0.15, 0.2) is 21.9 Å². The molecule has 0 saturated carbocycles. The SMILES string of the molecule is CC(=O)NCc1ccc(-c2csc(NC(=O)CCOCC3CCCO3)n2)o1. The molecule has 0 aromatic carbocycles. The van der Waals surface area contributed by atoms with Crippen LogP contribution in [0.4, 0.5) is 5.13 Å². The number of aromatic nitrogens is 1. The van der Waals surface area contributed by atoms with Crippen molar-refractivity contribution in [1.82, 2.24) is 10.3 Å². The molecule has 0 aliphatic carbocycles. The average molecular weight is 393 g/mol. The lowest BCUT2D eigenvalue weighted by molar-refractivity contribution is -0.119. The van der Waals surface area contributed by atoms with E-state index in [0.717, 1.165) is 19.4 Å². The predicted molar refractivity (Wildman–Crippen MR) is 100 cm³/mol. The standard InChI is InChI=1S/C18H23N3O5S/c1-12(22)19-9-13-4-5-16(26-13)15-11-27-18(20-15)21-17(23)6-8-24-10-14-3-2-7-25-14/h4-5,11,14H,2-3,6-10H2,1H3,(H,19,22)(H,20,21,23). The molecule has 2 aromatic heterocycles. The fourth-order valence-corrected chi connectivity index (χ4v) is 3.32. The van der Waals surface area contributed by atoms with E-state index in [2.05, 4.69) is 15.6 Å². The highest BCUT2D eigenvalue weighted by Crippen LogP contribution is 2.26. The quantitative estimate of drug-likeness (QED) is 0.635. The van der Waals surface area contributed by atoms with Gasteiger partial charge in [0.05, 0.1) is 32.3 Å². The number of carbonyl (C=O) groups excluding carboxylic acids is 2. The van der Waals surface area contributed by atoms with Gasteiger partial charge in [-0.1, -0.05) is 0 Å². The summed E-state index contributed by atoms with van der Waals surface area (Å²) in [4.78, 5) is 27.3. The summed E-state index contributed by atoms with van der Waals surface area (Å²) in [5.74, 6) is 0.967. The van der Waals surface area contributed by atoms with Crippen molar-refractivity contribution >= 4 is 28.3 Å². The molecule has 0 spiro atoms. The third-order valence-corrected chi connectivity index (χ3v) is 4.74. The van der Waals surface area contributed by atoms with Crippen molar-refractivity contribution in [3.05, 3.63) is 23.3 Å². The largest absolute Gasteiger partial charge is 0.458 e. The molecule has 9 heteroatoms. The highest BCUT2D eigenvalue weighted by Gasteiger charge is 2.16. The third-order valence-electron chi connectivity index (χ3n) is 3.98. The van der Waals surface area contributed by atoms with Gasteiger partial charge in [0.15, 0.2) is 10.9 Å². The van der Waals surface area contributed by atoms with Gasteiger partial charge in [0.25, 0.3) is 0 Å². The molecule has 2 aromatic rings. The number of hydrogen-bond acceptors (Lipinski definition) is 7. The molecule has 1 saturated heterocycles. The Balaban J connectivity index is 1.41. The Bertz CT molecular complexity index is 767. The molecule has 1 fully saturated rings.